The van der Waals surface area contributed by atoms with Crippen LogP contribution in [0.4, 0.5) is 0 Å². The summed E-state index contributed by atoms with van der Waals surface area (Å²) in [7, 11) is 3.71. The second-order valence-electron chi connectivity index (χ2n) is 6.54. The molecule has 0 bridgehead atoms. The molecule has 1 unspecified atom stereocenters. The van der Waals surface area contributed by atoms with Gasteiger partial charge in [0, 0.05) is 17.3 Å². The van der Waals surface area contributed by atoms with Crippen molar-refractivity contribution in [3.8, 4) is 11.4 Å². The Morgan fingerprint density at radius 1 is 1.29 bits per heavy atom. The summed E-state index contributed by atoms with van der Waals surface area (Å²) in [6.45, 7) is 4.65. The highest BCUT2D eigenvalue weighted by atomic mass is 16.5. The van der Waals surface area contributed by atoms with Gasteiger partial charge in [-0.15, -0.1) is 0 Å². The molecule has 1 heterocycles. The lowest BCUT2D eigenvalue weighted by molar-refractivity contribution is 0.260. The number of aromatic nitrogens is 2. The van der Waals surface area contributed by atoms with Gasteiger partial charge in [0.05, 0.1) is 19.0 Å². The molecule has 4 nitrogen and oxygen atoms in total. The number of nitrogens with one attached hydrogen (secondary N) is 1. The summed E-state index contributed by atoms with van der Waals surface area (Å²) in [5.74, 6) is 0.869. The number of nitrogens with zero attached hydrogens (tertiary/aromatic N) is 2. The zero-order valence-electron chi connectivity index (χ0n) is 13.2. The van der Waals surface area contributed by atoms with E-state index in [9.17, 15) is 0 Å². The molecule has 112 valence electrons. The van der Waals surface area contributed by atoms with Crippen LogP contribution in [0, 0.1) is 5.41 Å². The first-order chi connectivity index (χ1) is 10.0. The van der Waals surface area contributed by atoms with Gasteiger partial charge in [-0.1, -0.05) is 13.8 Å². The zero-order valence-corrected chi connectivity index (χ0v) is 13.2. The van der Waals surface area contributed by atoms with Gasteiger partial charge >= 0.3 is 0 Å². The van der Waals surface area contributed by atoms with Crippen molar-refractivity contribution in [1.82, 2.24) is 15.1 Å². The van der Waals surface area contributed by atoms with E-state index in [1.165, 1.54) is 11.3 Å². The first-order valence-corrected chi connectivity index (χ1v) is 7.42. The molecule has 21 heavy (non-hydrogen) atoms. The maximum atomic E-state index is 5.23. The Hall–Kier alpha value is -1.81. The molecular weight excluding hydrogens is 262 g/mol. The minimum Gasteiger partial charge on any atom is -0.497 e. The Balaban J connectivity index is 2.03. The van der Waals surface area contributed by atoms with Crippen molar-refractivity contribution in [2.24, 2.45) is 5.41 Å². The summed E-state index contributed by atoms with van der Waals surface area (Å²) in [6.07, 6.45) is 4.20. The summed E-state index contributed by atoms with van der Waals surface area (Å²) < 4.78 is 7.30. The fraction of sp³-hybridized carbons (Fsp3) is 0.471. The molecule has 0 aliphatic heterocycles. The van der Waals surface area contributed by atoms with E-state index in [1.54, 1.807) is 7.11 Å². The van der Waals surface area contributed by atoms with E-state index in [4.69, 9.17) is 4.74 Å². The number of ether oxygens (including phenoxy) is 1. The largest absolute Gasteiger partial charge is 0.497 e. The lowest BCUT2D eigenvalue weighted by atomic mass is 9.74. The maximum Gasteiger partial charge on any atom is 0.119 e. The van der Waals surface area contributed by atoms with Crippen molar-refractivity contribution in [2.45, 2.75) is 32.7 Å². The quantitative estimate of drug-likeness (QED) is 0.942. The predicted molar refractivity (Wildman–Crippen MR) is 84.0 cm³/mol. The van der Waals surface area contributed by atoms with Crippen molar-refractivity contribution in [3.05, 3.63) is 41.7 Å². The van der Waals surface area contributed by atoms with Crippen LogP contribution in [0.3, 0.4) is 0 Å². The van der Waals surface area contributed by atoms with E-state index in [0.717, 1.165) is 24.3 Å². The molecule has 1 aliphatic rings. The Bertz CT molecular complexity index is 628. The van der Waals surface area contributed by atoms with Crippen LogP contribution in [0.25, 0.3) is 5.69 Å². The van der Waals surface area contributed by atoms with E-state index < -0.39 is 0 Å². The molecule has 0 radical (unpaired) electrons. The predicted octanol–water partition coefficient (Wildman–Crippen LogP) is 3.11. The van der Waals surface area contributed by atoms with Crippen LogP contribution < -0.4 is 10.1 Å². The smallest absolute Gasteiger partial charge is 0.119 e. The van der Waals surface area contributed by atoms with Crippen molar-refractivity contribution in [3.63, 3.8) is 0 Å². The molecule has 1 aliphatic carbocycles. The van der Waals surface area contributed by atoms with Gasteiger partial charge in [0.25, 0.3) is 0 Å². The van der Waals surface area contributed by atoms with Crippen LogP contribution in [0.2, 0.25) is 0 Å². The molecule has 1 atom stereocenters. The summed E-state index contributed by atoms with van der Waals surface area (Å²) in [6, 6.07) is 8.46. The second-order valence-corrected chi connectivity index (χ2v) is 6.54. The topological polar surface area (TPSA) is 39.1 Å². The first kappa shape index (κ1) is 14.1. The van der Waals surface area contributed by atoms with Crippen molar-refractivity contribution in [2.75, 3.05) is 14.2 Å². The van der Waals surface area contributed by atoms with E-state index >= 15 is 0 Å². The van der Waals surface area contributed by atoms with E-state index in [-0.39, 0.29) is 5.41 Å². The highest BCUT2D eigenvalue weighted by molar-refractivity contribution is 5.41. The minimum atomic E-state index is 0.283. The SMILES string of the molecule is CNC1CC(C)(C)Cc2c1cnn2-c1ccc(OC)cc1. The molecule has 1 aromatic heterocycles. The minimum absolute atomic E-state index is 0.283. The molecule has 0 spiro atoms. The van der Waals surface area contributed by atoms with Gasteiger partial charge in [-0.2, -0.15) is 5.10 Å². The number of methoxy groups -OCH3 is 1. The normalized spacial score (nSPS) is 20.1. The molecule has 0 amide bonds. The van der Waals surface area contributed by atoms with Crippen molar-refractivity contribution in [1.29, 1.82) is 0 Å². The molecule has 3 rings (SSSR count). The van der Waals surface area contributed by atoms with E-state index in [2.05, 4.69) is 41.1 Å². The summed E-state index contributed by atoms with van der Waals surface area (Å²) >= 11 is 0. The van der Waals surface area contributed by atoms with Gasteiger partial charge in [0.1, 0.15) is 5.75 Å². The fourth-order valence-corrected chi connectivity index (χ4v) is 3.25. The Morgan fingerprint density at radius 3 is 2.62 bits per heavy atom. The van der Waals surface area contributed by atoms with Gasteiger partial charge in [0.15, 0.2) is 0 Å². The molecule has 1 N–H and O–H groups in total. The van der Waals surface area contributed by atoms with Gasteiger partial charge in [-0.25, -0.2) is 4.68 Å². The lowest BCUT2D eigenvalue weighted by Crippen LogP contribution is -2.32. The molecule has 0 saturated carbocycles. The van der Waals surface area contributed by atoms with Crippen LogP contribution in [0.1, 0.15) is 37.6 Å². The average Bonchev–Trinajstić information content (AvgIpc) is 2.88. The number of hydrogen-bond acceptors (Lipinski definition) is 3. The highest BCUT2D eigenvalue weighted by Gasteiger charge is 2.34. The van der Waals surface area contributed by atoms with Gasteiger partial charge < -0.3 is 10.1 Å². The van der Waals surface area contributed by atoms with Crippen LogP contribution in [-0.4, -0.2) is 23.9 Å². The highest BCUT2D eigenvalue weighted by Crippen LogP contribution is 2.41. The summed E-state index contributed by atoms with van der Waals surface area (Å²) in [4.78, 5) is 0. The number of hydrogen-bond donors (Lipinski definition) is 1. The van der Waals surface area contributed by atoms with E-state index in [0.29, 0.717) is 6.04 Å². The van der Waals surface area contributed by atoms with Crippen molar-refractivity contribution < 1.29 is 4.74 Å². The monoisotopic (exact) mass is 285 g/mol. The Labute approximate surface area is 126 Å². The average molecular weight is 285 g/mol. The number of rotatable bonds is 3. The third-order valence-electron chi connectivity index (χ3n) is 4.34. The van der Waals surface area contributed by atoms with Gasteiger partial charge in [0.2, 0.25) is 0 Å². The number of benzene rings is 1. The van der Waals surface area contributed by atoms with Crippen LogP contribution in [-0.2, 0) is 6.42 Å². The Kier molecular flexibility index (Phi) is 3.49. The maximum absolute atomic E-state index is 5.23. The molecular formula is C17H23N3O. The molecule has 1 aromatic carbocycles. The van der Waals surface area contributed by atoms with E-state index in [1.807, 2.05) is 25.4 Å². The van der Waals surface area contributed by atoms with Crippen molar-refractivity contribution >= 4 is 0 Å². The Morgan fingerprint density at radius 2 is 2.00 bits per heavy atom. The second kappa shape index (κ2) is 5.19. The molecule has 0 saturated heterocycles. The van der Waals surface area contributed by atoms with Crippen LogP contribution in [0.15, 0.2) is 30.5 Å². The molecule has 4 heteroatoms. The standard InChI is InChI=1S/C17H23N3O/c1-17(2)9-15(18-3)14-11-19-20(16(14)10-17)12-5-7-13(21-4)8-6-12/h5-8,11,15,18H,9-10H2,1-4H3. The molecule has 2 aromatic rings. The van der Waals surface area contributed by atoms with Crippen LogP contribution in [0.5, 0.6) is 5.75 Å². The summed E-state index contributed by atoms with van der Waals surface area (Å²) in [5.41, 5.74) is 4.01. The number of fused-ring (bicyclic) bond motifs is 1. The third kappa shape index (κ3) is 2.56. The fourth-order valence-electron chi connectivity index (χ4n) is 3.25. The van der Waals surface area contributed by atoms with Crippen LogP contribution >= 0.6 is 0 Å². The zero-order chi connectivity index (χ0) is 15.0. The van der Waals surface area contributed by atoms with Gasteiger partial charge in [-0.3, -0.25) is 0 Å². The third-order valence-corrected chi connectivity index (χ3v) is 4.34. The lowest BCUT2D eigenvalue weighted by Gasteiger charge is -2.35. The van der Waals surface area contributed by atoms with Gasteiger partial charge in [-0.05, 0) is 49.6 Å². The summed E-state index contributed by atoms with van der Waals surface area (Å²) in [5, 5.41) is 8.05. The first-order valence-electron chi connectivity index (χ1n) is 7.42. The molecule has 0 fully saturated rings.